The molecule has 2 N–H and O–H groups in total. The van der Waals surface area contributed by atoms with Gasteiger partial charge in [-0.15, -0.1) is 4.36 Å². The largest absolute Gasteiger partial charge is 0.272 e. The summed E-state index contributed by atoms with van der Waals surface area (Å²) >= 11 is 0. The van der Waals surface area contributed by atoms with Crippen LogP contribution in [0.5, 0.6) is 0 Å². The van der Waals surface area contributed by atoms with E-state index in [1.165, 1.54) is 6.92 Å². The molecule has 4 nitrogen and oxygen atoms in total. The minimum Gasteiger partial charge on any atom is -0.272 e. The number of allylic oxidation sites excluding steroid dienone is 2. The van der Waals surface area contributed by atoms with E-state index in [1.807, 2.05) is 26.0 Å². The number of hydrogen-bond acceptors (Lipinski definition) is 2. The second-order valence-electron chi connectivity index (χ2n) is 3.38. The molecule has 2 atom stereocenters. The van der Waals surface area contributed by atoms with Crippen LogP contribution < -0.4 is 5.14 Å². The third kappa shape index (κ3) is 6.80. The molecule has 0 unspecified atom stereocenters. The standard InChI is InChI=1S/C9H18N2O2S/c1-4-5-6-8(2)7-14(10,13)11-9(3)12/h4-5,8H,6-7H2,1-3H3,(H2,10,11,12,13)/b5-4+/t8-,14-/m0/s1. The Morgan fingerprint density at radius 3 is 2.64 bits per heavy atom. The summed E-state index contributed by atoms with van der Waals surface area (Å²) in [5, 5.41) is 5.41. The van der Waals surface area contributed by atoms with Crippen molar-refractivity contribution in [2.75, 3.05) is 5.75 Å². The number of carbonyl (C=O) groups is 1. The number of carbonyl (C=O) groups excluding carboxylic acids is 1. The van der Waals surface area contributed by atoms with Crippen molar-refractivity contribution in [2.24, 2.45) is 15.4 Å². The third-order valence-corrected chi connectivity index (χ3v) is 3.19. The lowest BCUT2D eigenvalue weighted by molar-refractivity contribution is -0.115. The summed E-state index contributed by atoms with van der Waals surface area (Å²) in [7, 11) is -2.82. The van der Waals surface area contributed by atoms with Crippen molar-refractivity contribution < 1.29 is 9.00 Å². The molecule has 0 heterocycles. The number of hydrogen-bond donors (Lipinski definition) is 1. The molecule has 0 aromatic heterocycles. The van der Waals surface area contributed by atoms with Gasteiger partial charge in [-0.2, -0.15) is 0 Å². The number of rotatable bonds is 4. The smallest absolute Gasteiger partial charge is 0.251 e. The molecular formula is C9H18N2O2S. The van der Waals surface area contributed by atoms with Gasteiger partial charge in [0.2, 0.25) is 0 Å². The fourth-order valence-electron chi connectivity index (χ4n) is 1.10. The van der Waals surface area contributed by atoms with Gasteiger partial charge in [0, 0.05) is 12.7 Å². The predicted octanol–water partition coefficient (Wildman–Crippen LogP) is 1.48. The molecular weight excluding hydrogens is 200 g/mol. The minimum atomic E-state index is -2.82. The van der Waals surface area contributed by atoms with E-state index in [1.54, 1.807) is 0 Å². The van der Waals surface area contributed by atoms with E-state index in [0.717, 1.165) is 6.42 Å². The monoisotopic (exact) mass is 218 g/mol. The Morgan fingerprint density at radius 2 is 2.21 bits per heavy atom. The van der Waals surface area contributed by atoms with Crippen LogP contribution in [0.15, 0.2) is 16.5 Å². The average Bonchev–Trinajstić information content (AvgIpc) is 1.96. The summed E-state index contributed by atoms with van der Waals surface area (Å²) in [4.78, 5) is 10.6. The summed E-state index contributed by atoms with van der Waals surface area (Å²) in [6, 6.07) is 0. The van der Waals surface area contributed by atoms with Crippen LogP contribution in [0.2, 0.25) is 0 Å². The zero-order chi connectivity index (χ0) is 11.2. The van der Waals surface area contributed by atoms with E-state index in [0.29, 0.717) is 0 Å². The van der Waals surface area contributed by atoms with Gasteiger partial charge in [0.1, 0.15) is 9.92 Å². The van der Waals surface area contributed by atoms with E-state index in [2.05, 4.69) is 4.36 Å². The Morgan fingerprint density at radius 1 is 1.64 bits per heavy atom. The zero-order valence-corrected chi connectivity index (χ0v) is 9.71. The van der Waals surface area contributed by atoms with E-state index in [4.69, 9.17) is 5.14 Å². The summed E-state index contributed by atoms with van der Waals surface area (Å²) in [5.41, 5.74) is 0. The Labute approximate surface area is 85.9 Å². The molecule has 0 aliphatic heterocycles. The van der Waals surface area contributed by atoms with Crippen LogP contribution in [0.25, 0.3) is 0 Å². The first kappa shape index (κ1) is 13.3. The third-order valence-electron chi connectivity index (χ3n) is 1.58. The van der Waals surface area contributed by atoms with Gasteiger partial charge in [-0.25, -0.2) is 9.35 Å². The number of nitrogens with two attached hydrogens (primary N) is 1. The van der Waals surface area contributed by atoms with Crippen molar-refractivity contribution in [1.29, 1.82) is 0 Å². The van der Waals surface area contributed by atoms with Crippen LogP contribution >= 0.6 is 0 Å². The van der Waals surface area contributed by atoms with Crippen LogP contribution in [-0.2, 0) is 14.7 Å². The van der Waals surface area contributed by atoms with Gasteiger partial charge in [-0.3, -0.25) is 4.79 Å². The minimum absolute atomic E-state index is 0.173. The first-order chi connectivity index (χ1) is 6.37. The van der Waals surface area contributed by atoms with Gasteiger partial charge in [-0.05, 0) is 19.3 Å². The van der Waals surface area contributed by atoms with E-state index < -0.39 is 15.8 Å². The fourth-order valence-corrected chi connectivity index (χ4v) is 2.56. The lowest BCUT2D eigenvalue weighted by atomic mass is 10.1. The van der Waals surface area contributed by atoms with Gasteiger partial charge in [0.15, 0.2) is 0 Å². The summed E-state index contributed by atoms with van der Waals surface area (Å²) in [6.45, 7) is 5.11. The molecule has 0 saturated heterocycles. The maximum absolute atomic E-state index is 11.5. The van der Waals surface area contributed by atoms with Gasteiger partial charge in [0.25, 0.3) is 5.91 Å². The molecule has 0 radical (unpaired) electrons. The quantitative estimate of drug-likeness (QED) is 0.726. The van der Waals surface area contributed by atoms with Crippen molar-refractivity contribution in [3.63, 3.8) is 0 Å². The normalized spacial score (nSPS) is 17.7. The van der Waals surface area contributed by atoms with Crippen molar-refractivity contribution >= 4 is 15.8 Å². The lowest BCUT2D eigenvalue weighted by Gasteiger charge is -2.08. The highest BCUT2D eigenvalue weighted by atomic mass is 32.2. The van der Waals surface area contributed by atoms with Crippen molar-refractivity contribution in [1.82, 2.24) is 0 Å². The highest BCUT2D eigenvalue weighted by molar-refractivity contribution is 7.91. The molecule has 0 aromatic carbocycles. The van der Waals surface area contributed by atoms with E-state index in [-0.39, 0.29) is 11.7 Å². The second-order valence-corrected chi connectivity index (χ2v) is 5.27. The highest BCUT2D eigenvalue weighted by Gasteiger charge is 2.09. The van der Waals surface area contributed by atoms with Crippen molar-refractivity contribution in [2.45, 2.75) is 27.2 Å². The molecule has 5 heteroatoms. The molecule has 0 bridgehead atoms. The van der Waals surface area contributed by atoms with Gasteiger partial charge >= 0.3 is 0 Å². The van der Waals surface area contributed by atoms with Crippen LogP contribution in [0.4, 0.5) is 0 Å². The summed E-state index contributed by atoms with van der Waals surface area (Å²) in [5.74, 6) is -0.0424. The Bertz CT molecular complexity index is 328. The first-order valence-corrected chi connectivity index (χ1v) is 6.26. The first-order valence-electron chi connectivity index (χ1n) is 4.51. The maximum Gasteiger partial charge on any atom is 0.251 e. The summed E-state index contributed by atoms with van der Waals surface area (Å²) < 4.78 is 14.9. The molecule has 14 heavy (non-hydrogen) atoms. The number of nitrogens with zero attached hydrogens (tertiary/aromatic N) is 1. The lowest BCUT2D eigenvalue weighted by Crippen LogP contribution is -2.22. The second kappa shape index (κ2) is 5.93. The molecule has 0 fully saturated rings. The average molecular weight is 218 g/mol. The van der Waals surface area contributed by atoms with Crippen molar-refractivity contribution in [3.8, 4) is 0 Å². The molecule has 0 saturated carbocycles. The molecule has 0 rings (SSSR count). The molecule has 0 aliphatic carbocycles. The van der Waals surface area contributed by atoms with Gasteiger partial charge in [0.05, 0.1) is 0 Å². The molecule has 1 amide bonds. The van der Waals surface area contributed by atoms with Crippen LogP contribution in [0.3, 0.4) is 0 Å². The van der Waals surface area contributed by atoms with E-state index >= 15 is 0 Å². The predicted molar refractivity (Wildman–Crippen MR) is 58.9 cm³/mol. The Balaban J connectivity index is 4.36. The molecule has 0 aromatic rings. The van der Waals surface area contributed by atoms with Gasteiger partial charge < -0.3 is 0 Å². The maximum atomic E-state index is 11.5. The molecule has 0 spiro atoms. The van der Waals surface area contributed by atoms with Gasteiger partial charge in [-0.1, -0.05) is 19.1 Å². The molecule has 82 valence electrons. The SMILES string of the molecule is C/C=C/C[C@H](C)C[S@@](N)(=O)=NC(C)=O. The fraction of sp³-hybridized carbons (Fsp3) is 0.667. The topological polar surface area (TPSA) is 72.5 Å². The van der Waals surface area contributed by atoms with Crippen LogP contribution in [0.1, 0.15) is 27.2 Å². The Kier molecular flexibility index (Phi) is 5.64. The van der Waals surface area contributed by atoms with Crippen molar-refractivity contribution in [3.05, 3.63) is 12.2 Å². The van der Waals surface area contributed by atoms with E-state index in [9.17, 15) is 9.00 Å². The highest BCUT2D eigenvalue weighted by Crippen LogP contribution is 2.06. The van der Waals surface area contributed by atoms with Crippen LogP contribution in [-0.4, -0.2) is 15.9 Å². The summed E-state index contributed by atoms with van der Waals surface area (Å²) in [6.07, 6.45) is 4.71. The van der Waals surface area contributed by atoms with Crippen LogP contribution in [0, 0.1) is 5.92 Å². The Hall–Kier alpha value is -0.680. The molecule has 0 aliphatic rings. The zero-order valence-electron chi connectivity index (χ0n) is 8.90. The number of amides is 1.